The zero-order valence-corrected chi connectivity index (χ0v) is 9.63. The molecule has 0 bridgehead atoms. The lowest BCUT2D eigenvalue weighted by atomic mass is 10.2. The first-order chi connectivity index (χ1) is 7.18. The third-order valence-electron chi connectivity index (χ3n) is 1.75. The number of amides is 1. The summed E-state index contributed by atoms with van der Waals surface area (Å²) >= 11 is 2.15. The smallest absolute Gasteiger partial charge is 0.316 e. The number of aromatic nitrogens is 2. The minimum Gasteiger partial charge on any atom is -0.361 e. The highest BCUT2D eigenvalue weighted by atomic mass is 127. The fourth-order valence-electron chi connectivity index (χ4n) is 1.08. The Morgan fingerprint density at radius 2 is 2.13 bits per heavy atom. The van der Waals surface area contributed by atoms with E-state index in [1.165, 1.54) is 0 Å². The van der Waals surface area contributed by atoms with Crippen LogP contribution in [0.25, 0.3) is 11.4 Å². The summed E-state index contributed by atoms with van der Waals surface area (Å²) in [5.41, 5.74) is 5.82. The number of carbonyl (C=O) groups is 1. The van der Waals surface area contributed by atoms with Gasteiger partial charge in [0, 0.05) is 9.13 Å². The molecule has 0 radical (unpaired) electrons. The Hall–Kier alpha value is -1.44. The van der Waals surface area contributed by atoms with Crippen molar-refractivity contribution in [3.63, 3.8) is 0 Å². The van der Waals surface area contributed by atoms with Crippen LogP contribution in [-0.4, -0.2) is 16.0 Å². The molecule has 0 unspecified atom stereocenters. The molecule has 6 heteroatoms. The maximum absolute atomic E-state index is 10.8. The predicted octanol–water partition coefficient (Wildman–Crippen LogP) is 1.44. The van der Waals surface area contributed by atoms with Crippen LogP contribution in [0.15, 0.2) is 28.8 Å². The second kappa shape index (κ2) is 3.97. The quantitative estimate of drug-likeness (QED) is 0.850. The molecule has 1 aromatic carbocycles. The summed E-state index contributed by atoms with van der Waals surface area (Å²) in [7, 11) is 0. The molecule has 1 aromatic heterocycles. The first-order valence-corrected chi connectivity index (χ1v) is 5.15. The van der Waals surface area contributed by atoms with Gasteiger partial charge in [-0.1, -0.05) is 17.3 Å². The molecule has 1 heterocycles. The van der Waals surface area contributed by atoms with Crippen LogP contribution < -0.4 is 5.73 Å². The molecular formula is C9H6IN3O2. The number of nitrogens with zero attached hydrogens (tertiary/aromatic N) is 2. The maximum Gasteiger partial charge on any atom is 0.316 e. The second-order valence-electron chi connectivity index (χ2n) is 2.77. The average Bonchev–Trinajstić information content (AvgIpc) is 2.67. The maximum atomic E-state index is 10.8. The van der Waals surface area contributed by atoms with Crippen molar-refractivity contribution in [2.75, 3.05) is 0 Å². The van der Waals surface area contributed by atoms with Gasteiger partial charge in [0.05, 0.1) is 0 Å². The van der Waals surface area contributed by atoms with Crippen LogP contribution in [0.1, 0.15) is 10.7 Å². The van der Waals surface area contributed by atoms with Crippen LogP contribution in [-0.2, 0) is 0 Å². The molecule has 2 N–H and O–H groups in total. The molecule has 0 atom stereocenters. The van der Waals surface area contributed by atoms with Gasteiger partial charge in [-0.2, -0.15) is 4.98 Å². The van der Waals surface area contributed by atoms with Gasteiger partial charge in [0.15, 0.2) is 0 Å². The van der Waals surface area contributed by atoms with Crippen LogP contribution in [0.4, 0.5) is 0 Å². The van der Waals surface area contributed by atoms with Gasteiger partial charge in [0.25, 0.3) is 0 Å². The van der Waals surface area contributed by atoms with Gasteiger partial charge in [-0.25, -0.2) is 0 Å². The van der Waals surface area contributed by atoms with E-state index < -0.39 is 5.91 Å². The van der Waals surface area contributed by atoms with E-state index in [1.54, 1.807) is 0 Å². The van der Waals surface area contributed by atoms with Gasteiger partial charge >= 0.3 is 11.8 Å². The van der Waals surface area contributed by atoms with E-state index in [0.29, 0.717) is 5.82 Å². The van der Waals surface area contributed by atoms with Crippen molar-refractivity contribution in [2.24, 2.45) is 5.73 Å². The Morgan fingerprint density at radius 3 is 2.73 bits per heavy atom. The van der Waals surface area contributed by atoms with Gasteiger partial charge in [-0.15, -0.1) is 0 Å². The third kappa shape index (κ3) is 1.99. The third-order valence-corrected chi connectivity index (χ3v) is 2.69. The van der Waals surface area contributed by atoms with Crippen molar-refractivity contribution in [3.05, 3.63) is 33.7 Å². The van der Waals surface area contributed by atoms with Gasteiger partial charge in [0.2, 0.25) is 5.82 Å². The highest BCUT2D eigenvalue weighted by molar-refractivity contribution is 14.1. The Morgan fingerprint density at radius 1 is 1.40 bits per heavy atom. The SMILES string of the molecule is NC(=O)c1nc(-c2ccccc2I)no1. The molecule has 1 amide bonds. The highest BCUT2D eigenvalue weighted by Crippen LogP contribution is 2.21. The minimum absolute atomic E-state index is 0.176. The topological polar surface area (TPSA) is 82.0 Å². The van der Waals surface area contributed by atoms with Crippen molar-refractivity contribution in [3.8, 4) is 11.4 Å². The molecule has 2 aromatic rings. The summed E-state index contributed by atoms with van der Waals surface area (Å²) in [6.07, 6.45) is 0. The monoisotopic (exact) mass is 315 g/mol. The summed E-state index contributed by atoms with van der Waals surface area (Å²) in [6, 6.07) is 7.52. The largest absolute Gasteiger partial charge is 0.361 e. The van der Waals surface area contributed by atoms with Crippen LogP contribution in [0.2, 0.25) is 0 Å². The average molecular weight is 315 g/mol. The van der Waals surface area contributed by atoms with E-state index >= 15 is 0 Å². The van der Waals surface area contributed by atoms with Crippen molar-refractivity contribution >= 4 is 28.5 Å². The van der Waals surface area contributed by atoms with E-state index in [0.717, 1.165) is 9.13 Å². The van der Waals surface area contributed by atoms with Crippen molar-refractivity contribution in [1.29, 1.82) is 0 Å². The highest BCUT2D eigenvalue weighted by Gasteiger charge is 2.13. The van der Waals surface area contributed by atoms with Crippen LogP contribution in [0.3, 0.4) is 0 Å². The van der Waals surface area contributed by atoms with E-state index in [2.05, 4.69) is 32.7 Å². The number of carbonyl (C=O) groups excluding carboxylic acids is 1. The van der Waals surface area contributed by atoms with E-state index in [4.69, 9.17) is 10.3 Å². The summed E-state index contributed by atoms with van der Waals surface area (Å²) in [6.45, 7) is 0. The lowest BCUT2D eigenvalue weighted by molar-refractivity contribution is 0.0958. The van der Waals surface area contributed by atoms with E-state index in [9.17, 15) is 4.79 Å². The van der Waals surface area contributed by atoms with Crippen molar-refractivity contribution in [1.82, 2.24) is 10.1 Å². The lowest BCUT2D eigenvalue weighted by Gasteiger charge is -1.96. The molecule has 2 rings (SSSR count). The summed E-state index contributed by atoms with van der Waals surface area (Å²) in [5, 5.41) is 3.68. The first-order valence-electron chi connectivity index (χ1n) is 4.07. The van der Waals surface area contributed by atoms with E-state index in [1.807, 2.05) is 24.3 Å². The molecule has 0 spiro atoms. The number of rotatable bonds is 2. The number of nitrogens with two attached hydrogens (primary N) is 1. The molecule has 0 fully saturated rings. The fourth-order valence-corrected chi connectivity index (χ4v) is 1.70. The van der Waals surface area contributed by atoms with Gasteiger partial charge in [-0.3, -0.25) is 4.79 Å². The number of benzene rings is 1. The van der Waals surface area contributed by atoms with Crippen LogP contribution in [0, 0.1) is 3.57 Å². The lowest BCUT2D eigenvalue weighted by Crippen LogP contribution is -2.11. The molecule has 0 aliphatic heterocycles. The Balaban J connectivity index is 2.46. The molecule has 76 valence electrons. The Bertz CT molecular complexity index is 510. The molecule has 5 nitrogen and oxygen atoms in total. The van der Waals surface area contributed by atoms with Crippen molar-refractivity contribution < 1.29 is 9.32 Å². The van der Waals surface area contributed by atoms with Gasteiger partial charge in [-0.05, 0) is 34.7 Å². The second-order valence-corrected chi connectivity index (χ2v) is 3.93. The normalized spacial score (nSPS) is 10.2. The number of hydrogen-bond donors (Lipinski definition) is 1. The minimum atomic E-state index is -0.723. The van der Waals surface area contributed by atoms with Gasteiger partial charge < -0.3 is 10.3 Å². The Labute approximate surface area is 98.8 Å². The zero-order valence-electron chi connectivity index (χ0n) is 7.48. The van der Waals surface area contributed by atoms with Crippen LogP contribution in [0.5, 0.6) is 0 Å². The molecule has 0 saturated heterocycles. The fraction of sp³-hybridized carbons (Fsp3) is 0. The summed E-state index contributed by atoms with van der Waals surface area (Å²) < 4.78 is 5.68. The zero-order chi connectivity index (χ0) is 10.8. The first kappa shape index (κ1) is 10.1. The number of halogens is 1. The van der Waals surface area contributed by atoms with Crippen LogP contribution >= 0.6 is 22.6 Å². The molecule has 0 saturated carbocycles. The molecule has 0 aliphatic rings. The number of hydrogen-bond acceptors (Lipinski definition) is 4. The summed E-state index contributed by atoms with van der Waals surface area (Å²) in [4.78, 5) is 14.6. The molecule has 0 aliphatic carbocycles. The summed E-state index contributed by atoms with van der Waals surface area (Å²) in [5.74, 6) is -0.529. The molecule has 15 heavy (non-hydrogen) atoms. The van der Waals surface area contributed by atoms with E-state index in [-0.39, 0.29) is 5.89 Å². The van der Waals surface area contributed by atoms with Crippen molar-refractivity contribution in [2.45, 2.75) is 0 Å². The molecular weight excluding hydrogens is 309 g/mol. The number of primary amides is 1. The van der Waals surface area contributed by atoms with Gasteiger partial charge in [0.1, 0.15) is 0 Å². The Kier molecular flexibility index (Phi) is 2.67. The standard InChI is InChI=1S/C9H6IN3O2/c10-6-4-2-1-3-5(6)8-12-9(7(11)14)15-13-8/h1-4H,(H2,11,14). The predicted molar refractivity (Wildman–Crippen MR) is 61.0 cm³/mol.